The van der Waals surface area contributed by atoms with Crippen LogP contribution in [0.3, 0.4) is 0 Å². The van der Waals surface area contributed by atoms with E-state index in [-0.39, 0.29) is 18.0 Å². The fourth-order valence-corrected chi connectivity index (χ4v) is 3.05. The fraction of sp³-hybridized carbons (Fsp3) is 0.238. The summed E-state index contributed by atoms with van der Waals surface area (Å²) in [5.41, 5.74) is 2.36. The van der Waals surface area contributed by atoms with E-state index in [1.54, 1.807) is 18.2 Å². The van der Waals surface area contributed by atoms with Crippen LogP contribution in [0, 0.1) is 6.92 Å². The van der Waals surface area contributed by atoms with Crippen molar-refractivity contribution in [2.75, 3.05) is 21.3 Å². The van der Waals surface area contributed by atoms with Crippen LogP contribution in [0.1, 0.15) is 21.5 Å². The number of amides is 1. The number of aromatic amines is 1. The number of aromatic nitrogens is 1. The van der Waals surface area contributed by atoms with E-state index in [1.165, 1.54) is 21.3 Å². The number of fused-ring (bicyclic) bond motifs is 1. The van der Waals surface area contributed by atoms with Gasteiger partial charge in [0.25, 0.3) is 11.5 Å². The van der Waals surface area contributed by atoms with Gasteiger partial charge in [0.05, 0.1) is 26.8 Å². The maximum atomic E-state index is 12.6. The van der Waals surface area contributed by atoms with Gasteiger partial charge in [-0.05, 0) is 36.1 Å². The van der Waals surface area contributed by atoms with E-state index in [0.29, 0.717) is 28.4 Å². The molecule has 3 aromatic rings. The summed E-state index contributed by atoms with van der Waals surface area (Å²) in [7, 11) is 4.46. The van der Waals surface area contributed by atoms with Crippen LogP contribution in [0.2, 0.25) is 0 Å². The fourth-order valence-electron chi connectivity index (χ4n) is 3.05. The summed E-state index contributed by atoms with van der Waals surface area (Å²) in [6.45, 7) is 2.03. The Morgan fingerprint density at radius 3 is 2.32 bits per heavy atom. The number of H-pyrrole nitrogens is 1. The molecular formula is C21H22N2O5. The van der Waals surface area contributed by atoms with Crippen molar-refractivity contribution in [2.45, 2.75) is 13.5 Å². The van der Waals surface area contributed by atoms with Crippen LogP contribution in [0.5, 0.6) is 17.2 Å². The van der Waals surface area contributed by atoms with E-state index in [1.807, 2.05) is 25.1 Å². The Morgan fingerprint density at radius 1 is 1.04 bits per heavy atom. The van der Waals surface area contributed by atoms with Crippen LogP contribution in [0.4, 0.5) is 0 Å². The summed E-state index contributed by atoms with van der Waals surface area (Å²) in [6, 6.07) is 10.7. The molecule has 0 spiro atoms. The van der Waals surface area contributed by atoms with Crippen molar-refractivity contribution >= 4 is 16.8 Å². The highest BCUT2D eigenvalue weighted by molar-refractivity contribution is 5.95. The second-order valence-corrected chi connectivity index (χ2v) is 6.26. The maximum absolute atomic E-state index is 12.6. The first kappa shape index (κ1) is 19.3. The molecule has 0 aliphatic rings. The molecule has 0 saturated heterocycles. The lowest BCUT2D eigenvalue weighted by Crippen LogP contribution is -2.26. The molecule has 0 aliphatic heterocycles. The largest absolute Gasteiger partial charge is 0.493 e. The van der Waals surface area contributed by atoms with Crippen LogP contribution < -0.4 is 25.1 Å². The number of carbonyl (C=O) groups is 1. The minimum absolute atomic E-state index is 0.0920. The van der Waals surface area contributed by atoms with Gasteiger partial charge in [0.2, 0.25) is 5.75 Å². The van der Waals surface area contributed by atoms with E-state index in [4.69, 9.17) is 14.2 Å². The van der Waals surface area contributed by atoms with Crippen molar-refractivity contribution in [3.63, 3.8) is 0 Å². The highest BCUT2D eigenvalue weighted by Crippen LogP contribution is 2.38. The van der Waals surface area contributed by atoms with Crippen LogP contribution in [-0.4, -0.2) is 32.2 Å². The van der Waals surface area contributed by atoms with Crippen LogP contribution in [0.25, 0.3) is 10.9 Å². The van der Waals surface area contributed by atoms with Crippen molar-refractivity contribution in [1.82, 2.24) is 10.3 Å². The lowest BCUT2D eigenvalue weighted by molar-refractivity contribution is 0.0950. The molecule has 0 saturated carbocycles. The third-order valence-corrected chi connectivity index (χ3v) is 4.53. The number of pyridine rings is 1. The standard InChI is InChI=1S/C21H22N2O5/c1-12-6-5-7-13-8-15(21(25)23-18(12)13)11-22-20(24)14-9-16(26-2)19(28-4)17(10-14)27-3/h5-10H,11H2,1-4H3,(H,22,24)(H,23,25). The number of aryl methyl sites for hydroxylation is 1. The number of carbonyl (C=O) groups excluding carboxylic acids is 1. The van der Waals surface area contributed by atoms with Gasteiger partial charge in [0.1, 0.15) is 0 Å². The Labute approximate surface area is 162 Å². The number of hydrogen-bond donors (Lipinski definition) is 2. The minimum Gasteiger partial charge on any atom is -0.493 e. The van der Waals surface area contributed by atoms with Gasteiger partial charge in [-0.1, -0.05) is 18.2 Å². The zero-order chi connectivity index (χ0) is 20.3. The minimum atomic E-state index is -0.358. The first-order valence-corrected chi connectivity index (χ1v) is 8.68. The highest BCUT2D eigenvalue weighted by Gasteiger charge is 2.17. The molecular weight excluding hydrogens is 360 g/mol. The molecule has 0 atom stereocenters. The van der Waals surface area contributed by atoms with E-state index in [0.717, 1.165) is 16.5 Å². The van der Waals surface area contributed by atoms with Crippen molar-refractivity contribution in [3.8, 4) is 17.2 Å². The first-order valence-electron chi connectivity index (χ1n) is 8.68. The average molecular weight is 382 g/mol. The molecule has 0 aliphatic carbocycles. The number of methoxy groups -OCH3 is 3. The van der Waals surface area contributed by atoms with Crippen molar-refractivity contribution in [3.05, 3.63) is 63.4 Å². The lowest BCUT2D eigenvalue weighted by atomic mass is 10.1. The van der Waals surface area contributed by atoms with E-state index >= 15 is 0 Å². The zero-order valence-electron chi connectivity index (χ0n) is 16.2. The van der Waals surface area contributed by atoms with E-state index in [9.17, 15) is 9.59 Å². The third-order valence-electron chi connectivity index (χ3n) is 4.53. The monoisotopic (exact) mass is 382 g/mol. The lowest BCUT2D eigenvalue weighted by Gasteiger charge is -2.14. The van der Waals surface area contributed by atoms with E-state index in [2.05, 4.69) is 10.3 Å². The molecule has 3 rings (SSSR count). The SMILES string of the molecule is COc1cc(C(=O)NCc2cc3cccc(C)c3[nH]c2=O)cc(OC)c1OC. The third kappa shape index (κ3) is 3.64. The van der Waals surface area contributed by atoms with Crippen LogP contribution in [0.15, 0.2) is 41.2 Å². The molecule has 1 heterocycles. The second-order valence-electron chi connectivity index (χ2n) is 6.26. The molecule has 0 bridgehead atoms. The molecule has 1 aromatic heterocycles. The van der Waals surface area contributed by atoms with Crippen molar-refractivity contribution in [2.24, 2.45) is 0 Å². The molecule has 7 nitrogen and oxygen atoms in total. The summed E-state index contributed by atoms with van der Waals surface area (Å²) in [5, 5.41) is 3.68. The number of hydrogen-bond acceptors (Lipinski definition) is 5. The first-order chi connectivity index (χ1) is 13.5. The summed E-state index contributed by atoms with van der Waals surface area (Å²) < 4.78 is 15.8. The molecule has 0 radical (unpaired) electrons. The topological polar surface area (TPSA) is 89.7 Å². The summed E-state index contributed by atoms with van der Waals surface area (Å²) in [5.74, 6) is 0.808. The zero-order valence-corrected chi connectivity index (χ0v) is 16.2. The Morgan fingerprint density at radius 2 is 1.71 bits per heavy atom. The van der Waals surface area contributed by atoms with Gasteiger partial charge in [-0.25, -0.2) is 0 Å². The molecule has 1 amide bonds. The van der Waals surface area contributed by atoms with Gasteiger partial charge >= 0.3 is 0 Å². The van der Waals surface area contributed by atoms with E-state index < -0.39 is 0 Å². The molecule has 7 heteroatoms. The van der Waals surface area contributed by atoms with Crippen molar-refractivity contribution in [1.29, 1.82) is 0 Å². The van der Waals surface area contributed by atoms with Gasteiger partial charge in [0.15, 0.2) is 11.5 Å². The molecule has 28 heavy (non-hydrogen) atoms. The summed E-state index contributed by atoms with van der Waals surface area (Å²) in [4.78, 5) is 27.8. The van der Waals surface area contributed by atoms with Gasteiger partial charge in [-0.2, -0.15) is 0 Å². The molecule has 2 N–H and O–H groups in total. The molecule has 0 unspecified atom stereocenters. The predicted molar refractivity (Wildman–Crippen MR) is 107 cm³/mol. The Bertz CT molecular complexity index is 1060. The number of para-hydroxylation sites is 1. The maximum Gasteiger partial charge on any atom is 0.253 e. The van der Waals surface area contributed by atoms with Gasteiger partial charge in [-0.3, -0.25) is 9.59 Å². The summed E-state index contributed by atoms with van der Waals surface area (Å²) in [6.07, 6.45) is 0. The molecule has 0 fully saturated rings. The average Bonchev–Trinajstić information content (AvgIpc) is 2.71. The number of benzene rings is 2. The van der Waals surface area contributed by atoms with Gasteiger partial charge in [-0.15, -0.1) is 0 Å². The van der Waals surface area contributed by atoms with Crippen molar-refractivity contribution < 1.29 is 19.0 Å². The smallest absolute Gasteiger partial charge is 0.253 e. The number of nitrogens with one attached hydrogen (secondary N) is 2. The predicted octanol–water partition coefficient (Wildman–Crippen LogP) is 2.79. The van der Waals surface area contributed by atoms with Crippen LogP contribution in [-0.2, 0) is 6.54 Å². The van der Waals surface area contributed by atoms with Gasteiger partial charge < -0.3 is 24.5 Å². The highest BCUT2D eigenvalue weighted by atomic mass is 16.5. The molecule has 146 valence electrons. The second kappa shape index (κ2) is 8.04. The van der Waals surface area contributed by atoms with Crippen LogP contribution >= 0.6 is 0 Å². The number of rotatable bonds is 6. The Hall–Kier alpha value is -3.48. The Kier molecular flexibility index (Phi) is 5.54. The quantitative estimate of drug-likeness (QED) is 0.684. The molecule has 2 aromatic carbocycles. The summed E-state index contributed by atoms with van der Waals surface area (Å²) >= 11 is 0. The normalized spacial score (nSPS) is 10.6. The van der Waals surface area contributed by atoms with Gasteiger partial charge in [0, 0.05) is 17.7 Å². The Balaban J connectivity index is 1.85. The number of ether oxygens (including phenoxy) is 3.